The SMILES string of the molecule is NC1(C(=O)Nc2nc3c(s2)CCC3)CC1. The average molecular weight is 223 g/mol. The number of thiazole rings is 1. The van der Waals surface area contributed by atoms with Crippen LogP contribution >= 0.6 is 11.3 Å². The first kappa shape index (κ1) is 9.30. The Labute approximate surface area is 91.9 Å². The van der Waals surface area contributed by atoms with E-state index in [-0.39, 0.29) is 5.91 Å². The Morgan fingerprint density at radius 2 is 2.27 bits per heavy atom. The van der Waals surface area contributed by atoms with Crippen molar-refractivity contribution in [3.63, 3.8) is 0 Å². The first-order valence-corrected chi connectivity index (χ1v) is 6.08. The second-order valence-electron chi connectivity index (χ2n) is 4.35. The van der Waals surface area contributed by atoms with E-state index in [1.165, 1.54) is 11.3 Å². The number of anilines is 1. The summed E-state index contributed by atoms with van der Waals surface area (Å²) in [6.07, 6.45) is 4.95. The Kier molecular flexibility index (Phi) is 1.87. The highest BCUT2D eigenvalue weighted by molar-refractivity contribution is 7.15. The van der Waals surface area contributed by atoms with Crippen molar-refractivity contribution < 1.29 is 4.79 Å². The molecule has 1 aromatic rings. The Bertz CT molecular complexity index is 401. The number of aromatic nitrogens is 1. The zero-order valence-electron chi connectivity index (χ0n) is 8.38. The van der Waals surface area contributed by atoms with Crippen LogP contribution in [-0.2, 0) is 17.6 Å². The molecule has 15 heavy (non-hydrogen) atoms. The van der Waals surface area contributed by atoms with Crippen LogP contribution < -0.4 is 11.1 Å². The first-order valence-electron chi connectivity index (χ1n) is 5.26. The van der Waals surface area contributed by atoms with Gasteiger partial charge >= 0.3 is 0 Å². The third kappa shape index (κ3) is 1.55. The van der Waals surface area contributed by atoms with E-state index in [0.29, 0.717) is 0 Å². The fourth-order valence-electron chi connectivity index (χ4n) is 1.83. The molecule has 5 heteroatoms. The summed E-state index contributed by atoms with van der Waals surface area (Å²) in [5.41, 5.74) is 6.36. The molecule has 1 heterocycles. The van der Waals surface area contributed by atoms with Gasteiger partial charge < -0.3 is 11.1 Å². The van der Waals surface area contributed by atoms with Gasteiger partial charge in [0.25, 0.3) is 0 Å². The standard InChI is InChI=1S/C10H13N3OS/c11-10(4-5-10)8(14)13-9-12-6-2-1-3-7(6)15-9/h1-5,11H2,(H,12,13,14). The van der Waals surface area contributed by atoms with E-state index < -0.39 is 5.54 Å². The molecule has 1 fully saturated rings. The normalized spacial score (nSPS) is 21.1. The lowest BCUT2D eigenvalue weighted by molar-refractivity contribution is -0.118. The van der Waals surface area contributed by atoms with Crippen molar-refractivity contribution in [2.24, 2.45) is 5.73 Å². The van der Waals surface area contributed by atoms with Crippen molar-refractivity contribution in [1.82, 2.24) is 4.98 Å². The molecule has 0 unspecified atom stereocenters. The molecule has 1 aromatic heterocycles. The summed E-state index contributed by atoms with van der Waals surface area (Å²) in [7, 11) is 0. The molecule has 0 bridgehead atoms. The largest absolute Gasteiger partial charge is 0.317 e. The van der Waals surface area contributed by atoms with Crippen molar-refractivity contribution in [2.75, 3.05) is 5.32 Å². The number of carbonyl (C=O) groups is 1. The lowest BCUT2D eigenvalue weighted by atomic mass is 10.3. The van der Waals surface area contributed by atoms with Gasteiger partial charge in [-0.3, -0.25) is 4.79 Å². The van der Waals surface area contributed by atoms with Gasteiger partial charge in [0.05, 0.1) is 11.2 Å². The minimum atomic E-state index is -0.601. The van der Waals surface area contributed by atoms with Gasteiger partial charge in [0, 0.05) is 4.88 Å². The van der Waals surface area contributed by atoms with Crippen LogP contribution in [0.15, 0.2) is 0 Å². The predicted molar refractivity (Wildman–Crippen MR) is 58.9 cm³/mol. The highest BCUT2D eigenvalue weighted by Crippen LogP contribution is 2.35. The maximum Gasteiger partial charge on any atom is 0.246 e. The number of nitrogens with two attached hydrogens (primary N) is 1. The number of nitrogens with zero attached hydrogens (tertiary/aromatic N) is 1. The first-order chi connectivity index (χ1) is 7.17. The van der Waals surface area contributed by atoms with Gasteiger partial charge in [-0.15, -0.1) is 11.3 Å². The predicted octanol–water partition coefficient (Wildman–Crippen LogP) is 1.06. The van der Waals surface area contributed by atoms with Crippen LogP contribution in [0, 0.1) is 0 Å². The zero-order valence-corrected chi connectivity index (χ0v) is 9.19. The molecule has 1 amide bonds. The third-order valence-electron chi connectivity index (χ3n) is 3.06. The number of fused-ring (bicyclic) bond motifs is 1. The lowest BCUT2D eigenvalue weighted by Gasteiger charge is -2.06. The number of hydrogen-bond acceptors (Lipinski definition) is 4. The molecular weight excluding hydrogens is 210 g/mol. The summed E-state index contributed by atoms with van der Waals surface area (Å²) >= 11 is 1.60. The van der Waals surface area contributed by atoms with Gasteiger partial charge in [-0.05, 0) is 32.1 Å². The molecule has 4 nitrogen and oxygen atoms in total. The molecule has 2 aliphatic carbocycles. The van der Waals surface area contributed by atoms with Crippen molar-refractivity contribution >= 4 is 22.4 Å². The zero-order chi connectivity index (χ0) is 10.5. The summed E-state index contributed by atoms with van der Waals surface area (Å²) in [6.45, 7) is 0. The van der Waals surface area contributed by atoms with Gasteiger partial charge in [-0.25, -0.2) is 4.98 Å². The van der Waals surface area contributed by atoms with Gasteiger partial charge in [0.15, 0.2) is 5.13 Å². The van der Waals surface area contributed by atoms with Gasteiger partial charge in [-0.1, -0.05) is 0 Å². The Morgan fingerprint density at radius 3 is 2.93 bits per heavy atom. The van der Waals surface area contributed by atoms with Crippen LogP contribution in [0.1, 0.15) is 29.8 Å². The summed E-state index contributed by atoms with van der Waals surface area (Å²) in [4.78, 5) is 17.4. The number of amides is 1. The highest BCUT2D eigenvalue weighted by Gasteiger charge is 2.46. The summed E-state index contributed by atoms with van der Waals surface area (Å²) in [6, 6.07) is 0. The molecule has 80 valence electrons. The summed E-state index contributed by atoms with van der Waals surface area (Å²) < 4.78 is 0. The minimum Gasteiger partial charge on any atom is -0.317 e. The van der Waals surface area contributed by atoms with Crippen molar-refractivity contribution in [2.45, 2.75) is 37.6 Å². The van der Waals surface area contributed by atoms with E-state index >= 15 is 0 Å². The molecular formula is C10H13N3OS. The third-order valence-corrected chi connectivity index (χ3v) is 4.13. The smallest absolute Gasteiger partial charge is 0.246 e. The van der Waals surface area contributed by atoms with E-state index in [1.807, 2.05) is 0 Å². The quantitative estimate of drug-likeness (QED) is 0.787. The van der Waals surface area contributed by atoms with Crippen LogP contribution in [0.25, 0.3) is 0 Å². The fraction of sp³-hybridized carbons (Fsp3) is 0.600. The molecule has 2 aliphatic rings. The van der Waals surface area contributed by atoms with Crippen LogP contribution in [-0.4, -0.2) is 16.4 Å². The molecule has 3 N–H and O–H groups in total. The maximum atomic E-state index is 11.7. The summed E-state index contributed by atoms with van der Waals surface area (Å²) in [5.74, 6) is -0.0741. The molecule has 0 saturated heterocycles. The summed E-state index contributed by atoms with van der Waals surface area (Å²) in [5, 5.41) is 3.54. The van der Waals surface area contributed by atoms with E-state index in [4.69, 9.17) is 5.73 Å². The molecule has 0 atom stereocenters. The van der Waals surface area contributed by atoms with Gasteiger partial charge in [0.1, 0.15) is 0 Å². The van der Waals surface area contributed by atoms with Crippen molar-refractivity contribution in [1.29, 1.82) is 0 Å². The number of hydrogen-bond donors (Lipinski definition) is 2. The second kappa shape index (κ2) is 3.02. The average Bonchev–Trinajstić information content (AvgIpc) is 2.64. The number of rotatable bonds is 2. The molecule has 1 saturated carbocycles. The number of aryl methyl sites for hydroxylation is 2. The van der Waals surface area contributed by atoms with E-state index in [0.717, 1.165) is 36.5 Å². The number of carbonyl (C=O) groups excluding carboxylic acids is 1. The molecule has 0 spiro atoms. The van der Waals surface area contributed by atoms with Gasteiger partial charge in [-0.2, -0.15) is 0 Å². The van der Waals surface area contributed by atoms with Crippen LogP contribution in [0.5, 0.6) is 0 Å². The van der Waals surface area contributed by atoms with Crippen LogP contribution in [0.3, 0.4) is 0 Å². The Hall–Kier alpha value is -0.940. The maximum absolute atomic E-state index is 11.7. The van der Waals surface area contributed by atoms with Crippen LogP contribution in [0.2, 0.25) is 0 Å². The Balaban J connectivity index is 1.74. The van der Waals surface area contributed by atoms with Crippen molar-refractivity contribution in [3.05, 3.63) is 10.6 Å². The topological polar surface area (TPSA) is 68.0 Å². The monoisotopic (exact) mass is 223 g/mol. The van der Waals surface area contributed by atoms with Gasteiger partial charge in [0.2, 0.25) is 5.91 Å². The van der Waals surface area contributed by atoms with E-state index in [9.17, 15) is 4.79 Å². The second-order valence-corrected chi connectivity index (χ2v) is 5.44. The van der Waals surface area contributed by atoms with Crippen LogP contribution in [0.4, 0.5) is 5.13 Å². The molecule has 0 aliphatic heterocycles. The van der Waals surface area contributed by atoms with E-state index in [1.54, 1.807) is 11.3 Å². The number of nitrogens with one attached hydrogen (secondary N) is 1. The Morgan fingerprint density at radius 1 is 1.47 bits per heavy atom. The van der Waals surface area contributed by atoms with E-state index in [2.05, 4.69) is 10.3 Å². The molecule has 3 rings (SSSR count). The van der Waals surface area contributed by atoms with Crippen molar-refractivity contribution in [3.8, 4) is 0 Å². The lowest BCUT2D eigenvalue weighted by Crippen LogP contribution is -2.37. The minimum absolute atomic E-state index is 0.0741. The fourth-order valence-corrected chi connectivity index (χ4v) is 2.87. The molecule has 0 radical (unpaired) electrons. The molecule has 0 aromatic carbocycles. The highest BCUT2D eigenvalue weighted by atomic mass is 32.1.